The summed E-state index contributed by atoms with van der Waals surface area (Å²) < 4.78 is 10.0. The number of phenols is 1. The molecule has 1 aromatic rings. The van der Waals surface area contributed by atoms with Gasteiger partial charge < -0.3 is 25.2 Å². The number of benzene rings is 1. The molecule has 8 heteroatoms. The minimum atomic E-state index is -0.611. The quantitative estimate of drug-likeness (QED) is 0.688. The second kappa shape index (κ2) is 8.57. The van der Waals surface area contributed by atoms with Gasteiger partial charge in [-0.25, -0.2) is 4.79 Å². The molecule has 0 saturated carbocycles. The lowest BCUT2D eigenvalue weighted by Gasteiger charge is -2.23. The lowest BCUT2D eigenvalue weighted by Crippen LogP contribution is -2.45. The molecule has 0 aliphatic carbocycles. The second-order valence-corrected chi connectivity index (χ2v) is 4.67. The van der Waals surface area contributed by atoms with Crippen LogP contribution < -0.4 is 10.6 Å². The number of carbonyl (C=O) groups is 2. The SMILES string of the molecule is COC(=O)c1cc(O)cc(C(=O)NCC2CNCCO2)c1.Cl. The van der Waals surface area contributed by atoms with Gasteiger partial charge in [-0.1, -0.05) is 0 Å². The van der Waals surface area contributed by atoms with Crippen molar-refractivity contribution in [3.05, 3.63) is 29.3 Å². The van der Waals surface area contributed by atoms with Gasteiger partial charge in [-0.05, 0) is 18.2 Å². The van der Waals surface area contributed by atoms with Crippen molar-refractivity contribution in [2.24, 2.45) is 0 Å². The number of esters is 1. The van der Waals surface area contributed by atoms with Gasteiger partial charge in [0, 0.05) is 25.2 Å². The van der Waals surface area contributed by atoms with Crippen molar-refractivity contribution in [3.63, 3.8) is 0 Å². The third kappa shape index (κ3) is 4.87. The molecule has 1 aliphatic heterocycles. The largest absolute Gasteiger partial charge is 0.508 e. The number of nitrogens with one attached hydrogen (secondary N) is 2. The third-order valence-corrected chi connectivity index (χ3v) is 3.10. The van der Waals surface area contributed by atoms with E-state index in [0.717, 1.165) is 6.54 Å². The summed E-state index contributed by atoms with van der Waals surface area (Å²) in [4.78, 5) is 23.5. The van der Waals surface area contributed by atoms with Crippen LogP contribution in [0.15, 0.2) is 18.2 Å². The lowest BCUT2D eigenvalue weighted by molar-refractivity contribution is 0.0287. The fourth-order valence-electron chi connectivity index (χ4n) is 2.04. The smallest absolute Gasteiger partial charge is 0.338 e. The number of amides is 1. The molecule has 122 valence electrons. The van der Waals surface area contributed by atoms with Gasteiger partial charge in [0.2, 0.25) is 0 Å². The normalized spacial score (nSPS) is 17.2. The number of rotatable bonds is 4. The van der Waals surface area contributed by atoms with E-state index in [2.05, 4.69) is 15.4 Å². The first-order chi connectivity index (χ1) is 10.1. The van der Waals surface area contributed by atoms with E-state index in [1.807, 2.05) is 0 Å². The molecule has 1 saturated heterocycles. The molecular weight excluding hydrogens is 312 g/mol. The number of hydrogen-bond acceptors (Lipinski definition) is 6. The van der Waals surface area contributed by atoms with Crippen LogP contribution in [0.25, 0.3) is 0 Å². The fourth-order valence-corrected chi connectivity index (χ4v) is 2.04. The molecule has 0 aromatic heterocycles. The zero-order chi connectivity index (χ0) is 15.2. The van der Waals surface area contributed by atoms with Crippen LogP contribution in [0.3, 0.4) is 0 Å². The highest BCUT2D eigenvalue weighted by molar-refractivity contribution is 5.98. The first-order valence-electron chi connectivity index (χ1n) is 6.63. The number of methoxy groups -OCH3 is 1. The summed E-state index contributed by atoms with van der Waals surface area (Å²) in [5, 5.41) is 15.5. The van der Waals surface area contributed by atoms with Crippen molar-refractivity contribution in [2.75, 3.05) is 33.4 Å². The van der Waals surface area contributed by atoms with Crippen LogP contribution in [0.5, 0.6) is 5.75 Å². The van der Waals surface area contributed by atoms with Crippen LogP contribution in [0, 0.1) is 0 Å². The van der Waals surface area contributed by atoms with Gasteiger partial charge in [0.15, 0.2) is 0 Å². The average molecular weight is 331 g/mol. The van der Waals surface area contributed by atoms with Crippen molar-refractivity contribution in [2.45, 2.75) is 6.10 Å². The second-order valence-electron chi connectivity index (χ2n) is 4.67. The third-order valence-electron chi connectivity index (χ3n) is 3.10. The van der Waals surface area contributed by atoms with Crippen molar-refractivity contribution in [1.29, 1.82) is 0 Å². The Labute approximate surface area is 134 Å². The maximum absolute atomic E-state index is 12.1. The molecule has 1 aromatic carbocycles. The molecule has 3 N–H and O–H groups in total. The first kappa shape index (κ1) is 18.2. The molecule has 0 bridgehead atoms. The van der Waals surface area contributed by atoms with Crippen molar-refractivity contribution in [3.8, 4) is 5.75 Å². The van der Waals surface area contributed by atoms with E-state index in [9.17, 15) is 14.7 Å². The summed E-state index contributed by atoms with van der Waals surface area (Å²) in [6, 6.07) is 3.92. The van der Waals surface area contributed by atoms with Crippen LogP contribution in [-0.4, -0.2) is 56.4 Å². The van der Waals surface area contributed by atoms with E-state index in [-0.39, 0.29) is 41.3 Å². The van der Waals surface area contributed by atoms with Gasteiger partial charge in [-0.3, -0.25) is 4.79 Å². The summed E-state index contributed by atoms with van der Waals surface area (Å²) in [5.41, 5.74) is 0.317. The number of hydrogen-bond donors (Lipinski definition) is 3. The molecule has 1 fully saturated rings. The molecule has 0 spiro atoms. The van der Waals surface area contributed by atoms with E-state index < -0.39 is 5.97 Å². The Hall–Kier alpha value is -1.83. The lowest BCUT2D eigenvalue weighted by atomic mass is 10.1. The van der Waals surface area contributed by atoms with Crippen molar-refractivity contribution < 1.29 is 24.2 Å². The zero-order valence-electron chi connectivity index (χ0n) is 12.1. The van der Waals surface area contributed by atoms with Crippen LogP contribution >= 0.6 is 12.4 Å². The van der Waals surface area contributed by atoms with E-state index in [1.165, 1.54) is 25.3 Å². The highest BCUT2D eigenvalue weighted by atomic mass is 35.5. The maximum atomic E-state index is 12.1. The molecule has 7 nitrogen and oxygen atoms in total. The van der Waals surface area contributed by atoms with Gasteiger partial charge >= 0.3 is 5.97 Å². The average Bonchev–Trinajstić information content (AvgIpc) is 2.52. The standard InChI is InChI=1S/C14H18N2O5.ClH/c1-20-14(19)10-4-9(5-11(17)6-10)13(18)16-8-12-7-15-2-3-21-12;/h4-6,12,15,17H,2-3,7-8H2,1H3,(H,16,18);1H. The minimum absolute atomic E-state index is 0. The van der Waals surface area contributed by atoms with Crippen molar-refractivity contribution in [1.82, 2.24) is 10.6 Å². The highest BCUT2D eigenvalue weighted by Crippen LogP contribution is 2.16. The Morgan fingerprint density at radius 3 is 2.77 bits per heavy atom. The summed E-state index contributed by atoms with van der Waals surface area (Å²) in [6.45, 7) is 2.45. The van der Waals surface area contributed by atoms with E-state index in [0.29, 0.717) is 19.7 Å². The van der Waals surface area contributed by atoms with Crippen LogP contribution in [0.4, 0.5) is 0 Å². The molecule has 1 unspecified atom stereocenters. The number of morpholine rings is 1. The minimum Gasteiger partial charge on any atom is -0.508 e. The molecular formula is C14H19ClN2O5. The molecule has 1 aliphatic rings. The molecule has 1 amide bonds. The molecule has 2 rings (SSSR count). The van der Waals surface area contributed by atoms with Gasteiger partial charge in [0.1, 0.15) is 5.75 Å². The topological polar surface area (TPSA) is 96.9 Å². The Balaban J connectivity index is 0.00000242. The van der Waals surface area contributed by atoms with Gasteiger partial charge in [-0.15, -0.1) is 12.4 Å². The van der Waals surface area contributed by atoms with Gasteiger partial charge in [-0.2, -0.15) is 0 Å². The zero-order valence-corrected chi connectivity index (χ0v) is 12.9. The van der Waals surface area contributed by atoms with Crippen LogP contribution in [0.2, 0.25) is 0 Å². The Bertz CT molecular complexity index is 532. The van der Waals surface area contributed by atoms with Gasteiger partial charge in [0.25, 0.3) is 5.91 Å². The van der Waals surface area contributed by atoms with Crippen molar-refractivity contribution >= 4 is 24.3 Å². The highest BCUT2D eigenvalue weighted by Gasteiger charge is 2.17. The van der Waals surface area contributed by atoms with E-state index >= 15 is 0 Å². The van der Waals surface area contributed by atoms with Crippen LogP contribution in [0.1, 0.15) is 20.7 Å². The predicted molar refractivity (Wildman–Crippen MR) is 81.6 cm³/mol. The summed E-state index contributed by atoms with van der Waals surface area (Å²) >= 11 is 0. The fraction of sp³-hybridized carbons (Fsp3) is 0.429. The maximum Gasteiger partial charge on any atom is 0.338 e. The van der Waals surface area contributed by atoms with E-state index in [4.69, 9.17) is 4.74 Å². The predicted octanol–water partition coefficient (Wildman–Crippen LogP) is 0.319. The summed E-state index contributed by atoms with van der Waals surface area (Å²) in [7, 11) is 1.24. The molecule has 22 heavy (non-hydrogen) atoms. The number of aromatic hydroxyl groups is 1. The van der Waals surface area contributed by atoms with Gasteiger partial charge in [0.05, 0.1) is 25.4 Å². The Morgan fingerprint density at radius 2 is 2.14 bits per heavy atom. The molecule has 1 heterocycles. The Morgan fingerprint density at radius 1 is 1.41 bits per heavy atom. The monoisotopic (exact) mass is 330 g/mol. The first-order valence-corrected chi connectivity index (χ1v) is 6.63. The van der Waals surface area contributed by atoms with Crippen LogP contribution in [-0.2, 0) is 9.47 Å². The summed E-state index contributed by atoms with van der Waals surface area (Å²) in [6.07, 6.45) is -0.0833. The number of ether oxygens (including phenoxy) is 2. The number of halogens is 1. The number of phenolic OH excluding ortho intramolecular Hbond substituents is 1. The summed E-state index contributed by atoms with van der Waals surface area (Å²) in [5.74, 6) is -1.16. The number of carbonyl (C=O) groups excluding carboxylic acids is 2. The molecule has 0 radical (unpaired) electrons. The molecule has 1 atom stereocenters. The Kier molecular flexibility index (Phi) is 7.10. The van der Waals surface area contributed by atoms with E-state index in [1.54, 1.807) is 0 Å².